The van der Waals surface area contributed by atoms with Crippen molar-refractivity contribution >= 4 is 54.3 Å². The molecule has 1 aromatic heterocycles. The summed E-state index contributed by atoms with van der Waals surface area (Å²) in [4.78, 5) is 35.1. The second kappa shape index (κ2) is 9.44. The van der Waals surface area contributed by atoms with Crippen molar-refractivity contribution < 1.29 is 50.8 Å². The number of aromatic hydroxyl groups is 1. The molecule has 16 nitrogen and oxygen atoms in total. The number of H-pyrrole nitrogens is 1. The van der Waals surface area contributed by atoms with Crippen molar-refractivity contribution in [2.24, 2.45) is 10.2 Å². The Hall–Kier alpha value is -4.91. The summed E-state index contributed by atoms with van der Waals surface area (Å²) in [6.07, 6.45) is 0. The fourth-order valence-corrected chi connectivity index (χ4v) is 4.58. The van der Waals surface area contributed by atoms with E-state index >= 15 is 0 Å². The number of aromatic nitrogens is 2. The van der Waals surface area contributed by atoms with Gasteiger partial charge in [0.1, 0.15) is 11.4 Å². The molecule has 1 heterocycles. The number of nitrogens with zero attached hydrogens (tertiary/aromatic N) is 3. The number of fused-ring (bicyclic) bond motifs is 1. The van der Waals surface area contributed by atoms with Crippen LogP contribution < -0.4 is 5.56 Å². The molecular formula is C21H14N4O12S2. The second-order valence-electron chi connectivity index (χ2n) is 7.73. The Morgan fingerprint density at radius 1 is 0.821 bits per heavy atom. The topological polar surface area (TPSA) is 266 Å². The minimum absolute atomic E-state index is 0.0338. The van der Waals surface area contributed by atoms with Gasteiger partial charge in [-0.3, -0.25) is 19.0 Å². The Morgan fingerprint density at radius 2 is 1.49 bits per heavy atom. The van der Waals surface area contributed by atoms with E-state index in [9.17, 15) is 51.1 Å². The van der Waals surface area contributed by atoms with Gasteiger partial charge in [-0.25, -0.2) is 14.3 Å². The Bertz CT molecular complexity index is 2010. The van der Waals surface area contributed by atoms with Gasteiger partial charge in [0.25, 0.3) is 25.8 Å². The first kappa shape index (κ1) is 27.1. The molecule has 0 aliphatic rings. The number of nitrogens with one attached hydrogen (secondary N) is 1. The molecule has 0 radical (unpaired) electrons. The highest BCUT2D eigenvalue weighted by Crippen LogP contribution is 2.33. The zero-order valence-electron chi connectivity index (χ0n) is 18.9. The lowest BCUT2D eigenvalue weighted by Gasteiger charge is -2.09. The van der Waals surface area contributed by atoms with Crippen LogP contribution in [0.2, 0.25) is 0 Å². The van der Waals surface area contributed by atoms with Crippen molar-refractivity contribution in [3.63, 3.8) is 0 Å². The molecule has 0 saturated carbocycles. The Kier molecular flexibility index (Phi) is 6.57. The van der Waals surface area contributed by atoms with Gasteiger partial charge < -0.3 is 15.3 Å². The quantitative estimate of drug-likeness (QED) is 0.136. The number of rotatable bonds is 7. The van der Waals surface area contributed by atoms with Crippen LogP contribution in [0.15, 0.2) is 73.3 Å². The lowest BCUT2D eigenvalue weighted by atomic mass is 10.1. The molecule has 0 fully saturated rings. The minimum atomic E-state index is -4.79. The zero-order chi connectivity index (χ0) is 28.9. The Labute approximate surface area is 216 Å². The van der Waals surface area contributed by atoms with E-state index in [2.05, 4.69) is 15.3 Å². The number of carboxylic acids is 2. The summed E-state index contributed by atoms with van der Waals surface area (Å²) in [5.41, 5.74) is -4.19. The fourth-order valence-electron chi connectivity index (χ4n) is 3.55. The highest BCUT2D eigenvalue weighted by Gasteiger charge is 2.24. The van der Waals surface area contributed by atoms with E-state index in [1.165, 1.54) is 18.2 Å². The lowest BCUT2D eigenvalue weighted by molar-refractivity contribution is 0.0682. The molecule has 18 heteroatoms. The number of carboxylic acid groups (broad SMARTS) is 2. The van der Waals surface area contributed by atoms with Crippen LogP contribution >= 0.6 is 0 Å². The molecule has 6 N–H and O–H groups in total. The average molecular weight is 578 g/mol. The van der Waals surface area contributed by atoms with Gasteiger partial charge in [0.2, 0.25) is 0 Å². The molecule has 4 aromatic rings. The van der Waals surface area contributed by atoms with Crippen LogP contribution in [0.25, 0.3) is 16.5 Å². The standard InChI is InChI=1S/C21H14N4O12S2/c26-16-8-10(39(35,36)37)7-12-11(16)2-1-3-15(12)25-19(27)17(18(24-25)21(30)31)23-22-14-5-4-9(38(32,33)34)6-13(14)20(28)29/h1-8,24,26H,(H,28,29)(H,30,31)(H,32,33,34)(H,35,36,37). The normalized spacial score (nSPS) is 12.3. The number of aromatic amines is 1. The summed E-state index contributed by atoms with van der Waals surface area (Å²) in [6.45, 7) is 0. The van der Waals surface area contributed by atoms with Gasteiger partial charge in [-0.05, 0) is 30.3 Å². The van der Waals surface area contributed by atoms with Crippen LogP contribution in [0.5, 0.6) is 5.75 Å². The van der Waals surface area contributed by atoms with E-state index in [0.29, 0.717) is 10.7 Å². The predicted octanol–water partition coefficient (Wildman–Crippen LogP) is 2.33. The molecule has 0 aliphatic carbocycles. The van der Waals surface area contributed by atoms with Gasteiger partial charge in [0.15, 0.2) is 11.4 Å². The molecule has 0 atom stereocenters. The number of aromatic carboxylic acids is 2. The molecular weight excluding hydrogens is 564 g/mol. The number of azo groups is 1. The number of phenolic OH excluding ortho intramolecular Hbond substituents is 1. The molecule has 0 unspecified atom stereocenters. The number of carbonyl (C=O) groups is 2. The van der Waals surface area contributed by atoms with E-state index in [1.807, 2.05) is 0 Å². The summed E-state index contributed by atoms with van der Waals surface area (Å²) in [5.74, 6) is -3.94. The number of hydrogen-bond acceptors (Lipinski definition) is 10. The number of benzene rings is 3. The first-order valence-electron chi connectivity index (χ1n) is 10.2. The van der Waals surface area contributed by atoms with E-state index in [-0.39, 0.29) is 16.5 Å². The molecule has 3 aromatic carbocycles. The van der Waals surface area contributed by atoms with Gasteiger partial charge >= 0.3 is 11.9 Å². The fraction of sp³-hybridized carbons (Fsp3) is 0. The molecule has 0 amide bonds. The lowest BCUT2D eigenvalue weighted by Crippen LogP contribution is -2.14. The van der Waals surface area contributed by atoms with Crippen LogP contribution in [0, 0.1) is 0 Å². The van der Waals surface area contributed by atoms with Gasteiger partial charge in [-0.1, -0.05) is 12.1 Å². The Balaban J connectivity index is 1.93. The van der Waals surface area contributed by atoms with E-state index in [4.69, 9.17) is 4.55 Å². The second-order valence-corrected chi connectivity index (χ2v) is 10.6. The predicted molar refractivity (Wildman–Crippen MR) is 130 cm³/mol. The Morgan fingerprint density at radius 3 is 2.08 bits per heavy atom. The number of phenols is 1. The third-order valence-electron chi connectivity index (χ3n) is 5.30. The maximum atomic E-state index is 13.2. The van der Waals surface area contributed by atoms with Crippen molar-refractivity contribution in [1.82, 2.24) is 9.78 Å². The van der Waals surface area contributed by atoms with Crippen LogP contribution in [-0.2, 0) is 20.2 Å². The maximum absolute atomic E-state index is 13.2. The van der Waals surface area contributed by atoms with Crippen molar-refractivity contribution in [3.05, 3.63) is 70.1 Å². The van der Waals surface area contributed by atoms with Crippen molar-refractivity contribution in [2.75, 3.05) is 0 Å². The van der Waals surface area contributed by atoms with Gasteiger partial charge in [-0.15, -0.1) is 10.2 Å². The summed E-state index contributed by atoms with van der Waals surface area (Å²) in [5, 5.41) is 38.6. The van der Waals surface area contributed by atoms with Crippen molar-refractivity contribution in [2.45, 2.75) is 9.79 Å². The van der Waals surface area contributed by atoms with E-state index in [0.717, 1.165) is 24.3 Å². The molecule has 0 aliphatic heterocycles. The van der Waals surface area contributed by atoms with Crippen LogP contribution in [0.3, 0.4) is 0 Å². The molecule has 39 heavy (non-hydrogen) atoms. The third-order valence-corrected chi connectivity index (χ3v) is 6.98. The van der Waals surface area contributed by atoms with Gasteiger partial charge in [0.05, 0.1) is 21.0 Å². The molecule has 0 saturated heterocycles. The maximum Gasteiger partial charge on any atom is 0.356 e. The van der Waals surface area contributed by atoms with Crippen molar-refractivity contribution in [3.8, 4) is 11.4 Å². The van der Waals surface area contributed by atoms with E-state index in [1.54, 1.807) is 0 Å². The largest absolute Gasteiger partial charge is 0.507 e. The summed E-state index contributed by atoms with van der Waals surface area (Å²) >= 11 is 0. The zero-order valence-corrected chi connectivity index (χ0v) is 20.5. The highest BCUT2D eigenvalue weighted by molar-refractivity contribution is 7.86. The minimum Gasteiger partial charge on any atom is -0.507 e. The first-order valence-corrected chi connectivity index (χ1v) is 13.1. The SMILES string of the molecule is O=C(O)c1cc(S(=O)(=O)O)ccc1N=Nc1c(C(=O)O)[nH]n(-c2cccc3c(O)cc(S(=O)(=O)O)cc23)c1=O. The van der Waals surface area contributed by atoms with Crippen molar-refractivity contribution in [1.29, 1.82) is 0 Å². The molecule has 0 spiro atoms. The molecule has 4 rings (SSSR count). The van der Waals surface area contributed by atoms with Gasteiger partial charge in [0, 0.05) is 16.8 Å². The van der Waals surface area contributed by atoms with Crippen LogP contribution in [-0.4, -0.2) is 63.0 Å². The average Bonchev–Trinajstić information content (AvgIpc) is 3.17. The summed E-state index contributed by atoms with van der Waals surface area (Å²) in [7, 11) is -9.56. The third kappa shape index (κ3) is 5.11. The monoisotopic (exact) mass is 578 g/mol. The number of hydrogen-bond donors (Lipinski definition) is 6. The summed E-state index contributed by atoms with van der Waals surface area (Å²) in [6, 6.07) is 7.92. The van der Waals surface area contributed by atoms with E-state index < -0.39 is 75.9 Å². The molecule has 0 bridgehead atoms. The van der Waals surface area contributed by atoms with Crippen LogP contribution in [0.4, 0.5) is 11.4 Å². The van der Waals surface area contributed by atoms with Gasteiger partial charge in [-0.2, -0.15) is 16.8 Å². The molecule has 202 valence electrons. The first-order chi connectivity index (χ1) is 18.1. The highest BCUT2D eigenvalue weighted by atomic mass is 32.2. The smallest absolute Gasteiger partial charge is 0.356 e. The van der Waals surface area contributed by atoms with Crippen LogP contribution in [0.1, 0.15) is 20.8 Å². The summed E-state index contributed by atoms with van der Waals surface area (Å²) < 4.78 is 65.1.